The lowest BCUT2D eigenvalue weighted by Gasteiger charge is -2.18. The first-order chi connectivity index (χ1) is 17.4. The summed E-state index contributed by atoms with van der Waals surface area (Å²) in [5, 5.41) is 68.4. The van der Waals surface area contributed by atoms with E-state index in [9.17, 15) is 60.7 Å². The second kappa shape index (κ2) is 10.0. The summed E-state index contributed by atoms with van der Waals surface area (Å²) in [6.45, 7) is 0. The fourth-order valence-electron chi connectivity index (χ4n) is 3.49. The molecule has 37 heavy (non-hydrogen) atoms. The summed E-state index contributed by atoms with van der Waals surface area (Å²) in [5.74, 6) is 0. The Kier molecular flexibility index (Phi) is 7.06. The van der Waals surface area contributed by atoms with Gasteiger partial charge >= 0.3 is 34.1 Å². The second-order valence-corrected chi connectivity index (χ2v) is 8.93. The van der Waals surface area contributed by atoms with Crippen LogP contribution < -0.4 is 15.9 Å². The molecule has 0 aliphatic rings. The lowest BCUT2D eigenvalue weighted by atomic mass is 10.2. The molecule has 3 aromatic rings. The first kappa shape index (κ1) is 26.1. The summed E-state index contributed by atoms with van der Waals surface area (Å²) in [4.78, 5) is 63.4. The van der Waals surface area contributed by atoms with Crippen LogP contribution >= 0.6 is 7.92 Å². The minimum Gasteiger partial charge on any atom is -0.258 e. The minimum absolute atomic E-state index is 0.638. The minimum atomic E-state index is -2.97. The van der Waals surface area contributed by atoms with Crippen molar-refractivity contribution >= 4 is 58.0 Å². The Morgan fingerprint density at radius 3 is 0.838 bits per heavy atom. The van der Waals surface area contributed by atoms with Gasteiger partial charge in [0.05, 0.1) is 45.5 Å². The maximum absolute atomic E-state index is 11.9. The standard InChI is InChI=1S/C18H9N6O12P/c25-19(26)10-4-1-7-13(16(10)22(31)32)37(14-8-2-5-11(20(27)28)17(14)23(33)34)15-9-3-6-12(21(29)30)18(15)24(35)36/h1-9H. The maximum Gasteiger partial charge on any atom is 0.354 e. The number of nitro groups is 6. The number of benzene rings is 3. The van der Waals surface area contributed by atoms with Crippen molar-refractivity contribution in [3.05, 3.63) is 115 Å². The third-order valence-electron chi connectivity index (χ3n) is 4.84. The number of rotatable bonds is 9. The first-order valence-corrected chi connectivity index (χ1v) is 10.8. The van der Waals surface area contributed by atoms with E-state index in [0.717, 1.165) is 54.6 Å². The van der Waals surface area contributed by atoms with Gasteiger partial charge in [0.25, 0.3) is 0 Å². The van der Waals surface area contributed by atoms with Gasteiger partial charge in [0.15, 0.2) is 0 Å². The fourth-order valence-corrected chi connectivity index (χ4v) is 6.20. The number of hydrogen-bond acceptors (Lipinski definition) is 12. The molecule has 0 aromatic heterocycles. The van der Waals surface area contributed by atoms with Crippen molar-refractivity contribution in [2.45, 2.75) is 0 Å². The van der Waals surface area contributed by atoms with Gasteiger partial charge in [-0.2, -0.15) is 0 Å². The van der Waals surface area contributed by atoms with Gasteiger partial charge < -0.3 is 0 Å². The molecule has 3 aromatic carbocycles. The molecule has 0 aliphatic heterocycles. The van der Waals surface area contributed by atoms with Crippen molar-refractivity contribution in [3.8, 4) is 0 Å². The van der Waals surface area contributed by atoms with Crippen LogP contribution in [0, 0.1) is 60.7 Å². The van der Waals surface area contributed by atoms with Crippen LogP contribution in [-0.4, -0.2) is 29.5 Å². The van der Waals surface area contributed by atoms with E-state index in [1.807, 2.05) is 0 Å². The largest absolute Gasteiger partial charge is 0.354 e. The summed E-state index contributed by atoms with van der Waals surface area (Å²) < 4.78 is 0. The number of nitro benzene ring substituents is 6. The predicted molar refractivity (Wildman–Crippen MR) is 125 cm³/mol. The van der Waals surface area contributed by atoms with Crippen LogP contribution in [0.25, 0.3) is 0 Å². The van der Waals surface area contributed by atoms with Crippen molar-refractivity contribution < 1.29 is 29.5 Å². The Morgan fingerprint density at radius 1 is 0.405 bits per heavy atom. The van der Waals surface area contributed by atoms with Gasteiger partial charge in [0, 0.05) is 26.1 Å². The molecule has 0 fully saturated rings. The van der Waals surface area contributed by atoms with Gasteiger partial charge in [-0.3, -0.25) is 60.7 Å². The van der Waals surface area contributed by atoms with Crippen LogP contribution in [0.3, 0.4) is 0 Å². The zero-order valence-corrected chi connectivity index (χ0v) is 18.6. The molecule has 0 heterocycles. The molecule has 18 nitrogen and oxygen atoms in total. The van der Waals surface area contributed by atoms with Gasteiger partial charge in [0.2, 0.25) is 0 Å². The van der Waals surface area contributed by atoms with E-state index < -0.39 is 87.5 Å². The molecular weight excluding hydrogens is 523 g/mol. The SMILES string of the molecule is O=[N+]([O-])c1cccc(P(c2cccc([N+](=O)[O-])c2[N+](=O)[O-])c2cccc([N+](=O)[O-])c2[N+](=O)[O-])c1[N+](=O)[O-]. The highest BCUT2D eigenvalue weighted by atomic mass is 31.1. The Balaban J connectivity index is 2.64. The van der Waals surface area contributed by atoms with Gasteiger partial charge in [-0.05, 0) is 18.2 Å². The van der Waals surface area contributed by atoms with Crippen LogP contribution in [0.15, 0.2) is 54.6 Å². The first-order valence-electron chi connectivity index (χ1n) is 9.44. The molecule has 0 bridgehead atoms. The Labute approximate surface area is 203 Å². The topological polar surface area (TPSA) is 259 Å². The zero-order chi connectivity index (χ0) is 27.6. The van der Waals surface area contributed by atoms with Gasteiger partial charge in [0.1, 0.15) is 0 Å². The van der Waals surface area contributed by atoms with Crippen molar-refractivity contribution in [1.82, 2.24) is 0 Å². The zero-order valence-electron chi connectivity index (χ0n) is 17.7. The van der Waals surface area contributed by atoms with E-state index in [2.05, 4.69) is 0 Å². The summed E-state index contributed by atoms with van der Waals surface area (Å²) in [6.07, 6.45) is 0. The third kappa shape index (κ3) is 4.71. The molecule has 3 rings (SSSR count). The van der Waals surface area contributed by atoms with Crippen molar-refractivity contribution in [1.29, 1.82) is 0 Å². The van der Waals surface area contributed by atoms with E-state index in [-0.39, 0.29) is 0 Å². The Morgan fingerprint density at radius 2 is 0.649 bits per heavy atom. The lowest BCUT2D eigenvalue weighted by molar-refractivity contribution is -0.422. The molecule has 0 atom stereocenters. The van der Waals surface area contributed by atoms with E-state index in [1.165, 1.54) is 0 Å². The van der Waals surface area contributed by atoms with Crippen molar-refractivity contribution in [2.75, 3.05) is 0 Å². The van der Waals surface area contributed by atoms with Crippen molar-refractivity contribution in [3.63, 3.8) is 0 Å². The number of para-hydroxylation sites is 3. The normalized spacial score (nSPS) is 10.6. The Bertz CT molecular complexity index is 1350. The molecule has 0 radical (unpaired) electrons. The third-order valence-corrected chi connectivity index (χ3v) is 7.37. The second-order valence-electron chi connectivity index (χ2n) is 6.81. The summed E-state index contributed by atoms with van der Waals surface area (Å²) in [7, 11) is -2.97. The van der Waals surface area contributed by atoms with Crippen LogP contribution in [-0.2, 0) is 0 Å². The number of nitrogens with zero attached hydrogens (tertiary/aromatic N) is 6. The summed E-state index contributed by atoms with van der Waals surface area (Å²) >= 11 is 0. The molecule has 0 N–H and O–H groups in total. The maximum atomic E-state index is 11.9. The van der Waals surface area contributed by atoms with E-state index in [1.54, 1.807) is 0 Å². The van der Waals surface area contributed by atoms with Crippen LogP contribution in [0.1, 0.15) is 0 Å². The average molecular weight is 532 g/mol. The molecule has 19 heteroatoms. The molecule has 0 amide bonds. The quantitative estimate of drug-likeness (QED) is 0.219. The van der Waals surface area contributed by atoms with E-state index >= 15 is 0 Å². The summed E-state index contributed by atoms with van der Waals surface area (Å²) in [6, 6.07) is 7.97. The molecule has 188 valence electrons. The molecule has 0 saturated heterocycles. The van der Waals surface area contributed by atoms with Crippen LogP contribution in [0.5, 0.6) is 0 Å². The molecule has 0 aliphatic carbocycles. The highest BCUT2D eigenvalue weighted by molar-refractivity contribution is 7.80. The highest BCUT2D eigenvalue weighted by Crippen LogP contribution is 2.47. The van der Waals surface area contributed by atoms with Crippen LogP contribution in [0.4, 0.5) is 34.1 Å². The summed E-state index contributed by atoms with van der Waals surface area (Å²) in [5.41, 5.74) is -6.80. The van der Waals surface area contributed by atoms with E-state index in [0.29, 0.717) is 0 Å². The van der Waals surface area contributed by atoms with Crippen molar-refractivity contribution in [2.24, 2.45) is 0 Å². The smallest absolute Gasteiger partial charge is 0.258 e. The average Bonchev–Trinajstić information content (AvgIpc) is 2.83. The monoisotopic (exact) mass is 532 g/mol. The van der Waals surface area contributed by atoms with Gasteiger partial charge in [-0.15, -0.1) is 0 Å². The molecule has 0 unspecified atom stereocenters. The molecular formula is C18H9N6O12P. The van der Waals surface area contributed by atoms with Crippen LogP contribution in [0.2, 0.25) is 0 Å². The lowest BCUT2D eigenvalue weighted by Crippen LogP contribution is -2.27. The van der Waals surface area contributed by atoms with E-state index in [4.69, 9.17) is 0 Å². The Hall–Kier alpha value is -5.51. The molecule has 0 spiro atoms. The fraction of sp³-hybridized carbons (Fsp3) is 0. The molecule has 0 saturated carbocycles. The predicted octanol–water partition coefficient (Wildman–Crippen LogP) is 2.89. The number of hydrogen-bond donors (Lipinski definition) is 0. The van der Waals surface area contributed by atoms with Gasteiger partial charge in [-0.25, -0.2) is 0 Å². The highest BCUT2D eigenvalue weighted by Gasteiger charge is 2.43. The van der Waals surface area contributed by atoms with Gasteiger partial charge in [-0.1, -0.05) is 18.2 Å².